The number of nitrogens with one attached hydrogen (secondary N) is 2. The van der Waals surface area contributed by atoms with Crippen molar-refractivity contribution >= 4 is 23.3 Å². The Balaban J connectivity index is 2.72. The molecule has 0 radical (unpaired) electrons. The maximum Gasteiger partial charge on any atom is 0.346 e. The van der Waals surface area contributed by atoms with Crippen molar-refractivity contribution in [1.82, 2.24) is 5.43 Å². The first-order valence-corrected chi connectivity index (χ1v) is 5.62. The Morgan fingerprint density at radius 3 is 2.10 bits per heavy atom. The van der Waals surface area contributed by atoms with E-state index >= 15 is 0 Å². The van der Waals surface area contributed by atoms with Crippen LogP contribution >= 0.6 is 0 Å². The van der Waals surface area contributed by atoms with Gasteiger partial charge in [0.05, 0.1) is 24.8 Å². The summed E-state index contributed by atoms with van der Waals surface area (Å²) >= 11 is 0. The smallest absolute Gasteiger partial charge is 0.346 e. The van der Waals surface area contributed by atoms with Gasteiger partial charge in [0.15, 0.2) is 5.57 Å². The van der Waals surface area contributed by atoms with Crippen LogP contribution in [0.1, 0.15) is 0 Å². The molecule has 0 aliphatic carbocycles. The second-order valence-electron chi connectivity index (χ2n) is 3.61. The number of rotatable bonds is 6. The van der Waals surface area contributed by atoms with Gasteiger partial charge in [-0.1, -0.05) is 0 Å². The number of hydrogen-bond donors (Lipinski definition) is 2. The molecule has 1 rings (SSSR count). The van der Waals surface area contributed by atoms with Gasteiger partial charge in [-0.2, -0.15) is 0 Å². The second kappa shape index (κ2) is 7.48. The molecule has 0 amide bonds. The molecule has 0 heterocycles. The molecular formula is C12H13N3O6. The molecule has 0 aliphatic heterocycles. The van der Waals surface area contributed by atoms with Gasteiger partial charge in [-0.05, 0) is 12.1 Å². The molecule has 112 valence electrons. The van der Waals surface area contributed by atoms with Crippen LogP contribution in [0, 0.1) is 10.1 Å². The highest BCUT2D eigenvalue weighted by Crippen LogP contribution is 2.14. The average Bonchev–Trinajstić information content (AvgIpc) is 2.50. The number of non-ortho nitro benzene ring substituents is 1. The predicted molar refractivity (Wildman–Crippen MR) is 72.0 cm³/mol. The van der Waals surface area contributed by atoms with Gasteiger partial charge in [-0.25, -0.2) is 9.59 Å². The van der Waals surface area contributed by atoms with Crippen molar-refractivity contribution in [2.75, 3.05) is 19.6 Å². The monoisotopic (exact) mass is 295 g/mol. The van der Waals surface area contributed by atoms with E-state index < -0.39 is 16.9 Å². The fourth-order valence-corrected chi connectivity index (χ4v) is 1.28. The molecule has 2 N–H and O–H groups in total. The van der Waals surface area contributed by atoms with E-state index in [1.807, 2.05) is 0 Å². The molecule has 0 spiro atoms. The third kappa shape index (κ3) is 4.49. The number of hydrogen-bond acceptors (Lipinski definition) is 8. The predicted octanol–water partition coefficient (Wildman–Crippen LogP) is 0.741. The minimum Gasteiger partial charge on any atom is -0.465 e. The quantitative estimate of drug-likeness (QED) is 0.197. The molecule has 0 fully saturated rings. The van der Waals surface area contributed by atoms with Gasteiger partial charge in [-0.15, -0.1) is 0 Å². The van der Waals surface area contributed by atoms with E-state index in [4.69, 9.17) is 0 Å². The third-order valence-electron chi connectivity index (χ3n) is 2.32. The molecule has 0 bridgehead atoms. The summed E-state index contributed by atoms with van der Waals surface area (Å²) in [6.07, 6.45) is 1.07. The highest BCUT2D eigenvalue weighted by Gasteiger charge is 2.19. The van der Waals surface area contributed by atoms with E-state index in [9.17, 15) is 19.7 Å². The topological polar surface area (TPSA) is 120 Å². The number of benzene rings is 1. The summed E-state index contributed by atoms with van der Waals surface area (Å²) in [6.45, 7) is 0. The zero-order valence-electron chi connectivity index (χ0n) is 11.3. The van der Waals surface area contributed by atoms with E-state index in [1.54, 1.807) is 0 Å². The van der Waals surface area contributed by atoms with Crippen molar-refractivity contribution in [3.8, 4) is 0 Å². The lowest BCUT2D eigenvalue weighted by Gasteiger charge is -2.07. The van der Waals surface area contributed by atoms with Gasteiger partial charge in [0.25, 0.3) is 5.69 Å². The molecule has 21 heavy (non-hydrogen) atoms. The molecule has 0 aliphatic rings. The van der Waals surface area contributed by atoms with E-state index in [0.717, 1.165) is 20.4 Å². The number of esters is 2. The maximum absolute atomic E-state index is 11.3. The third-order valence-corrected chi connectivity index (χ3v) is 2.32. The summed E-state index contributed by atoms with van der Waals surface area (Å²) in [5.74, 6) is -1.72. The van der Waals surface area contributed by atoms with Crippen molar-refractivity contribution in [2.45, 2.75) is 0 Å². The molecule has 9 heteroatoms. The Labute approximate surface area is 119 Å². The highest BCUT2D eigenvalue weighted by molar-refractivity contribution is 6.13. The standard InChI is InChI=1S/C12H13N3O6/c1-20-11(16)10(12(17)21-2)7-13-14-8-3-5-9(6-4-8)15(18)19/h3-7,13-14H,1-2H3. The SMILES string of the molecule is COC(=O)C(=CNNc1ccc([N+](=O)[O-])cc1)C(=O)OC. The normalized spacial score (nSPS) is 9.24. The minimum absolute atomic E-state index is 0.0547. The summed E-state index contributed by atoms with van der Waals surface area (Å²) in [6, 6.07) is 5.51. The number of methoxy groups -OCH3 is 2. The van der Waals surface area contributed by atoms with Gasteiger partial charge < -0.3 is 20.3 Å². The first kappa shape index (κ1) is 16.0. The van der Waals surface area contributed by atoms with Crippen molar-refractivity contribution in [1.29, 1.82) is 0 Å². The van der Waals surface area contributed by atoms with Gasteiger partial charge in [0.2, 0.25) is 0 Å². The van der Waals surface area contributed by atoms with Crippen LogP contribution in [-0.2, 0) is 19.1 Å². The number of anilines is 1. The van der Waals surface area contributed by atoms with Crippen molar-refractivity contribution in [3.05, 3.63) is 46.2 Å². The van der Waals surface area contributed by atoms with Crippen LogP contribution in [0.3, 0.4) is 0 Å². The lowest BCUT2D eigenvalue weighted by atomic mass is 10.3. The lowest BCUT2D eigenvalue weighted by Crippen LogP contribution is -2.22. The Hall–Kier alpha value is -3.10. The highest BCUT2D eigenvalue weighted by atomic mass is 16.6. The molecule has 0 atom stereocenters. The Morgan fingerprint density at radius 1 is 1.14 bits per heavy atom. The zero-order chi connectivity index (χ0) is 15.8. The Morgan fingerprint density at radius 2 is 1.67 bits per heavy atom. The van der Waals surface area contributed by atoms with Gasteiger partial charge in [0.1, 0.15) is 0 Å². The fraction of sp³-hybridized carbons (Fsp3) is 0.167. The van der Waals surface area contributed by atoms with E-state index in [1.165, 1.54) is 24.3 Å². The second-order valence-corrected chi connectivity index (χ2v) is 3.61. The summed E-state index contributed by atoms with van der Waals surface area (Å²) < 4.78 is 8.86. The van der Waals surface area contributed by atoms with Crippen LogP contribution < -0.4 is 10.9 Å². The minimum atomic E-state index is -0.861. The molecular weight excluding hydrogens is 282 g/mol. The summed E-state index contributed by atoms with van der Waals surface area (Å²) in [5, 5.41) is 10.5. The number of ether oxygens (including phenoxy) is 2. The molecule has 0 aromatic heterocycles. The number of nitro groups is 1. The number of carbonyl (C=O) groups excluding carboxylic acids is 2. The van der Waals surface area contributed by atoms with Crippen LogP contribution in [0.4, 0.5) is 11.4 Å². The van der Waals surface area contributed by atoms with Gasteiger partial charge in [0, 0.05) is 18.3 Å². The van der Waals surface area contributed by atoms with Crippen molar-refractivity contribution in [2.24, 2.45) is 0 Å². The van der Waals surface area contributed by atoms with Crippen molar-refractivity contribution in [3.63, 3.8) is 0 Å². The van der Waals surface area contributed by atoms with Crippen molar-refractivity contribution < 1.29 is 24.0 Å². The molecule has 1 aromatic rings. The fourth-order valence-electron chi connectivity index (χ4n) is 1.28. The first-order valence-electron chi connectivity index (χ1n) is 5.62. The number of nitrogens with zero attached hydrogens (tertiary/aromatic N) is 1. The summed E-state index contributed by atoms with van der Waals surface area (Å²) in [7, 11) is 2.26. The summed E-state index contributed by atoms with van der Waals surface area (Å²) in [5.41, 5.74) is 5.23. The van der Waals surface area contributed by atoms with Crippen LogP contribution in [0.25, 0.3) is 0 Å². The number of hydrazine groups is 1. The van der Waals surface area contributed by atoms with Crippen LogP contribution in [-0.4, -0.2) is 31.1 Å². The molecule has 0 saturated carbocycles. The lowest BCUT2D eigenvalue weighted by molar-refractivity contribution is -0.384. The zero-order valence-corrected chi connectivity index (χ0v) is 11.3. The molecule has 0 unspecified atom stereocenters. The molecule has 0 saturated heterocycles. The van der Waals surface area contributed by atoms with Crippen LogP contribution in [0.5, 0.6) is 0 Å². The van der Waals surface area contributed by atoms with E-state index in [0.29, 0.717) is 5.69 Å². The largest absolute Gasteiger partial charge is 0.465 e. The average molecular weight is 295 g/mol. The van der Waals surface area contributed by atoms with Crippen LogP contribution in [0.15, 0.2) is 36.0 Å². The summed E-state index contributed by atoms with van der Waals surface area (Å²) in [4.78, 5) is 32.6. The molecule has 9 nitrogen and oxygen atoms in total. The Bertz CT molecular complexity index is 549. The van der Waals surface area contributed by atoms with E-state index in [-0.39, 0.29) is 11.3 Å². The Kier molecular flexibility index (Phi) is 5.68. The number of nitro benzene ring substituents is 1. The molecule has 1 aromatic carbocycles. The maximum atomic E-state index is 11.3. The van der Waals surface area contributed by atoms with Gasteiger partial charge >= 0.3 is 11.9 Å². The van der Waals surface area contributed by atoms with Gasteiger partial charge in [-0.3, -0.25) is 10.1 Å². The van der Waals surface area contributed by atoms with E-state index in [2.05, 4.69) is 20.3 Å². The number of carbonyl (C=O) groups is 2. The van der Waals surface area contributed by atoms with Crippen LogP contribution in [0.2, 0.25) is 0 Å². The first-order chi connectivity index (χ1) is 9.99.